The molecule has 0 unspecified atom stereocenters. The summed E-state index contributed by atoms with van der Waals surface area (Å²) in [6.45, 7) is 5.30. The summed E-state index contributed by atoms with van der Waals surface area (Å²) in [7, 11) is -4.22. The fourth-order valence-corrected chi connectivity index (χ4v) is 9.89. The second-order valence-corrected chi connectivity index (χ2v) is 15.4. The lowest BCUT2D eigenvalue weighted by atomic mass is 9.70. The number of likely N-dealkylation sites (tertiary alicyclic amines) is 1. The Hall–Kier alpha value is -3.67. The number of hydrogen-bond donors (Lipinski definition) is 1. The lowest BCUT2D eigenvalue weighted by Crippen LogP contribution is -2.49. The van der Waals surface area contributed by atoms with Gasteiger partial charge < -0.3 is 9.47 Å². The zero-order valence-electron chi connectivity index (χ0n) is 27.5. The van der Waals surface area contributed by atoms with Crippen LogP contribution in [0.2, 0.25) is 0 Å². The van der Waals surface area contributed by atoms with Crippen molar-refractivity contribution < 1.29 is 22.0 Å². The SMILES string of the molecule is CCNS(=O)(=O)c1ccc(F)c(C(=O)N2CCC(CCN3[C@@H]4CC[C@H]3C[C@@H](n3c(C)nc5ccccc53)C4)(c3ccccc3)CC2)c1F. The number of nitrogens with zero attached hydrogens (tertiary/aromatic N) is 4. The van der Waals surface area contributed by atoms with Gasteiger partial charge in [0.05, 0.1) is 11.0 Å². The van der Waals surface area contributed by atoms with Crippen molar-refractivity contribution in [3.05, 3.63) is 95.3 Å². The zero-order valence-corrected chi connectivity index (χ0v) is 28.4. The van der Waals surface area contributed by atoms with Crippen molar-refractivity contribution in [2.45, 2.75) is 87.2 Å². The van der Waals surface area contributed by atoms with Gasteiger partial charge in [0.25, 0.3) is 5.91 Å². The first-order valence-electron chi connectivity index (χ1n) is 17.1. The van der Waals surface area contributed by atoms with Crippen molar-refractivity contribution in [1.82, 2.24) is 24.1 Å². The minimum atomic E-state index is -4.22. The summed E-state index contributed by atoms with van der Waals surface area (Å²) in [5, 5.41) is 0. The van der Waals surface area contributed by atoms with Crippen LogP contribution in [0, 0.1) is 18.6 Å². The summed E-state index contributed by atoms with van der Waals surface area (Å²) in [6, 6.07) is 21.9. The maximum absolute atomic E-state index is 15.5. The molecule has 3 atom stereocenters. The van der Waals surface area contributed by atoms with E-state index < -0.39 is 38.0 Å². The molecule has 1 aromatic heterocycles. The second-order valence-electron chi connectivity index (χ2n) is 13.7. The number of amides is 1. The molecule has 4 heterocycles. The van der Waals surface area contributed by atoms with Crippen molar-refractivity contribution in [3.8, 4) is 0 Å². The molecule has 7 rings (SSSR count). The largest absolute Gasteiger partial charge is 0.338 e. The Balaban J connectivity index is 1.08. The first-order chi connectivity index (χ1) is 23.1. The number of aromatic nitrogens is 2. The van der Waals surface area contributed by atoms with E-state index in [1.165, 1.54) is 28.8 Å². The molecule has 8 nitrogen and oxygen atoms in total. The van der Waals surface area contributed by atoms with Crippen LogP contribution in [0.15, 0.2) is 71.6 Å². The van der Waals surface area contributed by atoms with Gasteiger partial charge in [0.2, 0.25) is 10.0 Å². The highest BCUT2D eigenvalue weighted by molar-refractivity contribution is 7.89. The molecule has 1 N–H and O–H groups in total. The number of hydrogen-bond acceptors (Lipinski definition) is 5. The minimum Gasteiger partial charge on any atom is -0.338 e. The number of imidazole rings is 1. The Morgan fingerprint density at radius 1 is 0.938 bits per heavy atom. The summed E-state index contributed by atoms with van der Waals surface area (Å²) in [5.41, 5.74) is 2.47. The Morgan fingerprint density at radius 3 is 2.29 bits per heavy atom. The van der Waals surface area contributed by atoms with Gasteiger partial charge in [0.1, 0.15) is 22.1 Å². The molecule has 254 valence electrons. The van der Waals surface area contributed by atoms with Crippen LogP contribution >= 0.6 is 0 Å². The minimum absolute atomic E-state index is 0.0388. The van der Waals surface area contributed by atoms with Gasteiger partial charge in [-0.1, -0.05) is 49.4 Å². The number of carbonyl (C=O) groups excluding carboxylic acids is 1. The zero-order chi connectivity index (χ0) is 33.6. The average Bonchev–Trinajstić information content (AvgIpc) is 3.54. The molecule has 3 fully saturated rings. The number of halogens is 2. The van der Waals surface area contributed by atoms with Crippen molar-refractivity contribution >= 4 is 27.0 Å². The van der Waals surface area contributed by atoms with Crippen LogP contribution in [0.4, 0.5) is 8.78 Å². The number of para-hydroxylation sites is 2. The van der Waals surface area contributed by atoms with Gasteiger partial charge in [-0.25, -0.2) is 26.9 Å². The molecule has 1 amide bonds. The number of sulfonamides is 1. The monoisotopic (exact) mass is 675 g/mol. The van der Waals surface area contributed by atoms with Crippen LogP contribution in [-0.2, 0) is 15.4 Å². The van der Waals surface area contributed by atoms with Crippen LogP contribution in [-0.4, -0.2) is 71.9 Å². The van der Waals surface area contributed by atoms with E-state index in [0.29, 0.717) is 44.1 Å². The van der Waals surface area contributed by atoms with Gasteiger partial charge in [-0.3, -0.25) is 9.69 Å². The fraction of sp³-hybridized carbons (Fsp3) is 0.459. The van der Waals surface area contributed by atoms with E-state index in [1.807, 2.05) is 24.3 Å². The summed E-state index contributed by atoms with van der Waals surface area (Å²) in [4.78, 5) is 21.9. The van der Waals surface area contributed by atoms with Crippen molar-refractivity contribution in [3.63, 3.8) is 0 Å². The average molecular weight is 676 g/mol. The number of benzene rings is 3. The van der Waals surface area contributed by atoms with E-state index in [2.05, 4.69) is 51.4 Å². The smallest absolute Gasteiger partial charge is 0.259 e. The molecule has 3 aromatic carbocycles. The highest BCUT2D eigenvalue weighted by atomic mass is 32.2. The van der Waals surface area contributed by atoms with Gasteiger partial charge in [-0.2, -0.15) is 0 Å². The Morgan fingerprint density at radius 2 is 1.60 bits per heavy atom. The topological polar surface area (TPSA) is 87.5 Å². The van der Waals surface area contributed by atoms with Crippen LogP contribution in [0.25, 0.3) is 11.0 Å². The van der Waals surface area contributed by atoms with Gasteiger partial charge in [-0.15, -0.1) is 0 Å². The molecular formula is C37H43F2N5O3S. The third-order valence-corrected chi connectivity index (χ3v) is 12.7. The van der Waals surface area contributed by atoms with E-state index in [9.17, 15) is 17.6 Å². The van der Waals surface area contributed by atoms with E-state index in [1.54, 1.807) is 6.92 Å². The van der Waals surface area contributed by atoms with Gasteiger partial charge in [-0.05, 0) is 93.7 Å². The molecule has 4 aromatic rings. The van der Waals surface area contributed by atoms with E-state index in [4.69, 9.17) is 4.98 Å². The Labute approximate surface area is 281 Å². The van der Waals surface area contributed by atoms with Gasteiger partial charge in [0, 0.05) is 37.8 Å². The third-order valence-electron chi connectivity index (χ3n) is 11.1. The maximum atomic E-state index is 15.5. The quantitative estimate of drug-likeness (QED) is 0.223. The third kappa shape index (κ3) is 5.83. The molecule has 48 heavy (non-hydrogen) atoms. The number of rotatable bonds is 9. The van der Waals surface area contributed by atoms with Gasteiger partial charge >= 0.3 is 0 Å². The summed E-state index contributed by atoms with van der Waals surface area (Å²) >= 11 is 0. The highest BCUT2D eigenvalue weighted by Gasteiger charge is 2.44. The predicted molar refractivity (Wildman–Crippen MR) is 181 cm³/mol. The number of piperidine rings is 2. The standard InChI is InChI=1S/C37H43F2N5O3S/c1-3-40-48(46,47)33-16-15-30(38)34(35(33)39)36(45)42-20-17-37(18-21-42,26-9-5-4-6-10-26)19-22-43-27-13-14-28(43)24-29(23-27)44-25(2)41-31-11-7-8-12-32(31)44/h4-12,15-16,27-29,40H,3,13-14,17-24H2,1-2H3/t27-,28+,29+. The van der Waals surface area contributed by atoms with Crippen LogP contribution in [0.5, 0.6) is 0 Å². The summed E-state index contributed by atoms with van der Waals surface area (Å²) < 4.78 is 60.2. The number of aryl methyl sites for hydroxylation is 1. The molecule has 0 aliphatic carbocycles. The molecule has 0 saturated carbocycles. The van der Waals surface area contributed by atoms with Crippen molar-refractivity contribution in [2.24, 2.45) is 0 Å². The molecule has 0 radical (unpaired) electrons. The van der Waals surface area contributed by atoms with Crippen LogP contribution in [0.1, 0.15) is 79.7 Å². The molecule has 3 aliphatic rings. The van der Waals surface area contributed by atoms with Crippen LogP contribution < -0.4 is 4.72 Å². The number of fused-ring (bicyclic) bond motifs is 3. The normalized spacial score (nSPS) is 22.8. The maximum Gasteiger partial charge on any atom is 0.259 e. The lowest BCUT2D eigenvalue weighted by molar-refractivity contribution is 0.0598. The van der Waals surface area contributed by atoms with Crippen molar-refractivity contribution in [2.75, 3.05) is 26.2 Å². The molecule has 3 saturated heterocycles. The van der Waals surface area contributed by atoms with E-state index in [0.717, 1.165) is 49.3 Å². The molecular weight excluding hydrogens is 633 g/mol. The molecule has 3 aliphatic heterocycles. The predicted octanol–water partition coefficient (Wildman–Crippen LogP) is 6.35. The molecule has 0 spiro atoms. The van der Waals surface area contributed by atoms with E-state index >= 15 is 4.39 Å². The summed E-state index contributed by atoms with van der Waals surface area (Å²) in [6.07, 6.45) is 6.78. The number of nitrogens with one attached hydrogen (secondary N) is 1. The van der Waals surface area contributed by atoms with Crippen LogP contribution in [0.3, 0.4) is 0 Å². The second kappa shape index (κ2) is 13.0. The van der Waals surface area contributed by atoms with Crippen molar-refractivity contribution in [1.29, 1.82) is 0 Å². The summed E-state index contributed by atoms with van der Waals surface area (Å²) in [5.74, 6) is -2.16. The molecule has 11 heteroatoms. The Bertz CT molecular complexity index is 1910. The fourth-order valence-electron chi connectivity index (χ4n) is 8.77. The Kier molecular flexibility index (Phi) is 8.89. The van der Waals surface area contributed by atoms with E-state index in [-0.39, 0.29) is 12.0 Å². The highest BCUT2D eigenvalue weighted by Crippen LogP contribution is 2.45. The lowest BCUT2D eigenvalue weighted by Gasteiger charge is -2.45. The first kappa shape index (κ1) is 32.9. The number of carbonyl (C=O) groups is 1. The molecule has 2 bridgehead atoms. The first-order valence-corrected chi connectivity index (χ1v) is 18.6. The van der Waals surface area contributed by atoms with Gasteiger partial charge in [0.15, 0.2) is 5.82 Å².